The molecule has 1 heterocycles. The topological polar surface area (TPSA) is 42.2 Å². The molecule has 0 fully saturated rings. The van der Waals surface area contributed by atoms with E-state index in [0.717, 1.165) is 11.3 Å². The molecule has 1 amide bonds. The van der Waals surface area contributed by atoms with Gasteiger partial charge in [-0.05, 0) is 42.8 Å². The Labute approximate surface area is 98.0 Å². The van der Waals surface area contributed by atoms with Crippen LogP contribution in [0.2, 0.25) is 5.02 Å². The number of anilines is 1. The summed E-state index contributed by atoms with van der Waals surface area (Å²) in [5.74, 6) is 0.0183. The van der Waals surface area contributed by atoms with Crippen LogP contribution in [0.1, 0.15) is 16.1 Å². The molecule has 0 aliphatic rings. The molecule has 0 aliphatic heterocycles. The van der Waals surface area contributed by atoms with Crippen LogP contribution in [0.5, 0.6) is 0 Å². The van der Waals surface area contributed by atoms with E-state index in [2.05, 4.69) is 5.32 Å². The molecule has 0 spiro atoms. The molecule has 16 heavy (non-hydrogen) atoms. The van der Waals surface area contributed by atoms with Gasteiger partial charge in [-0.3, -0.25) is 4.79 Å². The van der Waals surface area contributed by atoms with E-state index in [9.17, 15) is 4.79 Å². The Kier molecular flexibility index (Phi) is 2.97. The molecule has 2 rings (SSSR count). The van der Waals surface area contributed by atoms with Gasteiger partial charge in [-0.1, -0.05) is 11.6 Å². The largest absolute Gasteiger partial charge is 0.459 e. The molecule has 0 unspecified atom stereocenters. The van der Waals surface area contributed by atoms with Gasteiger partial charge < -0.3 is 9.73 Å². The number of nitrogens with one attached hydrogen (secondary N) is 1. The van der Waals surface area contributed by atoms with E-state index < -0.39 is 0 Å². The summed E-state index contributed by atoms with van der Waals surface area (Å²) in [5.41, 5.74) is 1.64. The van der Waals surface area contributed by atoms with Crippen molar-refractivity contribution < 1.29 is 9.21 Å². The van der Waals surface area contributed by atoms with Crippen molar-refractivity contribution in [3.8, 4) is 0 Å². The van der Waals surface area contributed by atoms with Crippen LogP contribution in [-0.4, -0.2) is 5.91 Å². The number of hydrogen-bond donors (Lipinski definition) is 1. The highest BCUT2D eigenvalue weighted by Gasteiger charge is 2.09. The second kappa shape index (κ2) is 4.41. The Morgan fingerprint density at radius 2 is 2.19 bits per heavy atom. The van der Waals surface area contributed by atoms with E-state index >= 15 is 0 Å². The number of carbonyl (C=O) groups is 1. The lowest BCUT2D eigenvalue weighted by molar-refractivity contribution is 0.0996. The number of amides is 1. The maximum atomic E-state index is 11.7. The SMILES string of the molecule is Cc1cc(Cl)ccc1NC(=O)c1ccco1. The number of carbonyl (C=O) groups excluding carboxylic acids is 1. The van der Waals surface area contributed by atoms with Crippen molar-refractivity contribution in [1.29, 1.82) is 0 Å². The summed E-state index contributed by atoms with van der Waals surface area (Å²) in [4.78, 5) is 11.7. The first kappa shape index (κ1) is 10.8. The van der Waals surface area contributed by atoms with E-state index in [1.807, 2.05) is 6.92 Å². The Morgan fingerprint density at radius 1 is 1.38 bits per heavy atom. The van der Waals surface area contributed by atoms with Gasteiger partial charge in [-0.25, -0.2) is 0 Å². The highest BCUT2D eigenvalue weighted by Crippen LogP contribution is 2.20. The van der Waals surface area contributed by atoms with Gasteiger partial charge >= 0.3 is 0 Å². The zero-order valence-electron chi connectivity index (χ0n) is 8.66. The van der Waals surface area contributed by atoms with Crippen molar-refractivity contribution in [2.75, 3.05) is 5.32 Å². The molecule has 3 nitrogen and oxygen atoms in total. The van der Waals surface area contributed by atoms with E-state index in [1.54, 1.807) is 30.3 Å². The molecule has 0 saturated heterocycles. The minimum atomic E-state index is -0.268. The molecule has 0 aliphatic carbocycles. The van der Waals surface area contributed by atoms with E-state index in [1.165, 1.54) is 6.26 Å². The Balaban J connectivity index is 2.18. The predicted octanol–water partition coefficient (Wildman–Crippen LogP) is 3.49. The first-order valence-corrected chi connectivity index (χ1v) is 5.15. The molecular formula is C12H10ClNO2. The molecular weight excluding hydrogens is 226 g/mol. The molecule has 0 radical (unpaired) electrons. The summed E-state index contributed by atoms with van der Waals surface area (Å²) >= 11 is 5.82. The highest BCUT2D eigenvalue weighted by molar-refractivity contribution is 6.30. The minimum Gasteiger partial charge on any atom is -0.459 e. The van der Waals surface area contributed by atoms with E-state index in [-0.39, 0.29) is 11.7 Å². The predicted molar refractivity (Wildman–Crippen MR) is 62.9 cm³/mol. The third-order valence-electron chi connectivity index (χ3n) is 2.18. The van der Waals surface area contributed by atoms with Gasteiger partial charge in [-0.2, -0.15) is 0 Å². The Bertz CT molecular complexity index is 506. The molecule has 0 bridgehead atoms. The fourth-order valence-corrected chi connectivity index (χ4v) is 1.59. The standard InChI is InChI=1S/C12H10ClNO2/c1-8-7-9(13)4-5-10(8)14-12(15)11-3-2-6-16-11/h2-7H,1H3,(H,14,15). The molecule has 2 aromatic rings. The number of aryl methyl sites for hydroxylation is 1. The molecule has 82 valence electrons. The van der Waals surface area contributed by atoms with Crippen LogP contribution in [0, 0.1) is 6.92 Å². The van der Waals surface area contributed by atoms with Gasteiger partial charge in [0.05, 0.1) is 6.26 Å². The van der Waals surface area contributed by atoms with Crippen molar-refractivity contribution in [2.45, 2.75) is 6.92 Å². The van der Waals surface area contributed by atoms with Gasteiger partial charge in [0, 0.05) is 10.7 Å². The third kappa shape index (κ3) is 2.25. The van der Waals surface area contributed by atoms with Crippen LogP contribution in [0.15, 0.2) is 41.0 Å². The molecule has 0 atom stereocenters. The summed E-state index contributed by atoms with van der Waals surface area (Å²) in [5, 5.41) is 3.40. The molecule has 1 aromatic heterocycles. The summed E-state index contributed by atoms with van der Waals surface area (Å²) in [7, 11) is 0. The van der Waals surface area contributed by atoms with Gasteiger partial charge in [0.1, 0.15) is 0 Å². The van der Waals surface area contributed by atoms with Crippen LogP contribution in [-0.2, 0) is 0 Å². The molecule has 1 N–H and O–H groups in total. The van der Waals surface area contributed by atoms with Crippen molar-refractivity contribution in [3.63, 3.8) is 0 Å². The second-order valence-corrected chi connectivity index (χ2v) is 3.83. The van der Waals surface area contributed by atoms with Gasteiger partial charge in [-0.15, -0.1) is 0 Å². The monoisotopic (exact) mass is 235 g/mol. The van der Waals surface area contributed by atoms with Gasteiger partial charge in [0.25, 0.3) is 5.91 Å². The smallest absolute Gasteiger partial charge is 0.291 e. The quantitative estimate of drug-likeness (QED) is 0.866. The summed E-state index contributed by atoms with van der Waals surface area (Å²) in [6.45, 7) is 1.88. The number of furan rings is 1. The van der Waals surface area contributed by atoms with Crippen molar-refractivity contribution in [3.05, 3.63) is 52.9 Å². The van der Waals surface area contributed by atoms with Crippen LogP contribution in [0.3, 0.4) is 0 Å². The van der Waals surface area contributed by atoms with E-state index in [0.29, 0.717) is 5.02 Å². The average Bonchev–Trinajstić information content (AvgIpc) is 2.75. The number of benzene rings is 1. The minimum absolute atomic E-state index is 0.268. The molecule has 4 heteroatoms. The normalized spacial score (nSPS) is 10.1. The van der Waals surface area contributed by atoms with Crippen LogP contribution >= 0.6 is 11.6 Å². The van der Waals surface area contributed by atoms with Crippen molar-refractivity contribution in [2.24, 2.45) is 0 Å². The van der Waals surface area contributed by atoms with Gasteiger partial charge in [0.2, 0.25) is 0 Å². The summed E-state index contributed by atoms with van der Waals surface area (Å²) in [6, 6.07) is 8.56. The lowest BCUT2D eigenvalue weighted by atomic mass is 10.2. The van der Waals surface area contributed by atoms with Gasteiger partial charge in [0.15, 0.2) is 5.76 Å². The number of rotatable bonds is 2. The zero-order valence-corrected chi connectivity index (χ0v) is 9.41. The fourth-order valence-electron chi connectivity index (χ4n) is 1.36. The maximum Gasteiger partial charge on any atom is 0.291 e. The Hall–Kier alpha value is -1.74. The summed E-state index contributed by atoms with van der Waals surface area (Å²) < 4.78 is 4.99. The van der Waals surface area contributed by atoms with Crippen LogP contribution in [0.25, 0.3) is 0 Å². The maximum absolute atomic E-state index is 11.7. The average molecular weight is 236 g/mol. The number of halogens is 1. The highest BCUT2D eigenvalue weighted by atomic mass is 35.5. The summed E-state index contributed by atoms with van der Waals surface area (Å²) in [6.07, 6.45) is 1.46. The van der Waals surface area contributed by atoms with Crippen LogP contribution < -0.4 is 5.32 Å². The Morgan fingerprint density at radius 3 is 2.81 bits per heavy atom. The lowest BCUT2D eigenvalue weighted by Crippen LogP contribution is -2.11. The third-order valence-corrected chi connectivity index (χ3v) is 2.42. The fraction of sp³-hybridized carbons (Fsp3) is 0.0833. The molecule has 0 saturated carbocycles. The van der Waals surface area contributed by atoms with Crippen LogP contribution in [0.4, 0.5) is 5.69 Å². The molecule has 1 aromatic carbocycles. The number of hydrogen-bond acceptors (Lipinski definition) is 2. The first-order valence-electron chi connectivity index (χ1n) is 4.78. The first-order chi connectivity index (χ1) is 7.66. The second-order valence-electron chi connectivity index (χ2n) is 3.39. The lowest BCUT2D eigenvalue weighted by Gasteiger charge is -2.06. The van der Waals surface area contributed by atoms with E-state index in [4.69, 9.17) is 16.0 Å². The van der Waals surface area contributed by atoms with Crippen molar-refractivity contribution in [1.82, 2.24) is 0 Å². The zero-order chi connectivity index (χ0) is 11.5. The van der Waals surface area contributed by atoms with Crippen molar-refractivity contribution >= 4 is 23.2 Å².